The highest BCUT2D eigenvalue weighted by Crippen LogP contribution is 2.23. The van der Waals surface area contributed by atoms with Crippen LogP contribution in [-0.4, -0.2) is 30.0 Å². The molecule has 146 valence electrons. The zero-order chi connectivity index (χ0) is 20.1. The monoisotopic (exact) mass is 379 g/mol. The second kappa shape index (κ2) is 8.74. The molecule has 0 spiro atoms. The Bertz CT molecular complexity index is 970. The van der Waals surface area contributed by atoms with Crippen molar-refractivity contribution in [3.05, 3.63) is 65.4 Å². The second-order valence-electron chi connectivity index (χ2n) is 7.12. The lowest BCUT2D eigenvalue weighted by Gasteiger charge is -2.09. The van der Waals surface area contributed by atoms with Crippen molar-refractivity contribution in [3.63, 3.8) is 0 Å². The minimum absolute atomic E-state index is 0.232. The molecule has 0 atom stereocenters. The van der Waals surface area contributed by atoms with E-state index < -0.39 is 5.97 Å². The number of carbonyl (C=O) groups is 2. The maximum absolute atomic E-state index is 12.5. The van der Waals surface area contributed by atoms with Gasteiger partial charge < -0.3 is 14.5 Å². The number of benzene rings is 2. The van der Waals surface area contributed by atoms with Crippen molar-refractivity contribution in [2.75, 3.05) is 13.2 Å². The summed E-state index contributed by atoms with van der Waals surface area (Å²) in [6.45, 7) is 6.52. The molecule has 5 heteroatoms. The van der Waals surface area contributed by atoms with Crippen LogP contribution in [0.25, 0.3) is 10.9 Å². The summed E-state index contributed by atoms with van der Waals surface area (Å²) in [5.74, 6) is 0.364. The Morgan fingerprint density at radius 2 is 1.82 bits per heavy atom. The van der Waals surface area contributed by atoms with E-state index in [-0.39, 0.29) is 12.4 Å². The van der Waals surface area contributed by atoms with Gasteiger partial charge in [-0.1, -0.05) is 39.0 Å². The van der Waals surface area contributed by atoms with Crippen LogP contribution >= 0.6 is 0 Å². The van der Waals surface area contributed by atoms with Gasteiger partial charge in [0.2, 0.25) is 5.78 Å². The number of esters is 1. The van der Waals surface area contributed by atoms with Gasteiger partial charge in [0.05, 0.1) is 12.2 Å². The van der Waals surface area contributed by atoms with Crippen molar-refractivity contribution >= 4 is 22.7 Å². The van der Waals surface area contributed by atoms with E-state index in [0.29, 0.717) is 29.4 Å². The van der Waals surface area contributed by atoms with E-state index in [4.69, 9.17) is 9.47 Å². The van der Waals surface area contributed by atoms with Gasteiger partial charge in [0, 0.05) is 22.7 Å². The van der Waals surface area contributed by atoms with Gasteiger partial charge >= 0.3 is 5.97 Å². The number of rotatable bonds is 8. The number of fused-ring (bicyclic) bond motifs is 1. The van der Waals surface area contributed by atoms with Crippen LogP contribution in [0.15, 0.2) is 48.7 Å². The molecule has 0 aliphatic carbocycles. The number of aromatic nitrogens is 1. The minimum Gasteiger partial charge on any atom is -0.493 e. The van der Waals surface area contributed by atoms with E-state index in [2.05, 4.69) is 25.8 Å². The Morgan fingerprint density at radius 1 is 1.07 bits per heavy atom. The molecule has 0 fully saturated rings. The first-order valence-electron chi connectivity index (χ1n) is 9.51. The molecule has 0 amide bonds. The normalized spacial score (nSPS) is 11.0. The van der Waals surface area contributed by atoms with Crippen LogP contribution < -0.4 is 4.74 Å². The topological polar surface area (TPSA) is 68.4 Å². The van der Waals surface area contributed by atoms with Crippen molar-refractivity contribution < 1.29 is 19.1 Å². The molecule has 0 saturated carbocycles. The first-order valence-corrected chi connectivity index (χ1v) is 9.51. The number of aryl methyl sites for hydroxylation is 1. The van der Waals surface area contributed by atoms with Crippen molar-refractivity contribution in [2.45, 2.75) is 27.2 Å². The van der Waals surface area contributed by atoms with Crippen molar-refractivity contribution in [1.82, 2.24) is 4.98 Å². The fourth-order valence-electron chi connectivity index (χ4n) is 2.98. The molecule has 2 aromatic carbocycles. The van der Waals surface area contributed by atoms with Gasteiger partial charge in [0.25, 0.3) is 0 Å². The Morgan fingerprint density at radius 3 is 2.50 bits per heavy atom. The summed E-state index contributed by atoms with van der Waals surface area (Å²) in [5.41, 5.74) is 3.03. The summed E-state index contributed by atoms with van der Waals surface area (Å²) >= 11 is 0. The number of para-hydroxylation sites is 1. The molecule has 1 N–H and O–H groups in total. The fourth-order valence-corrected chi connectivity index (χ4v) is 2.98. The maximum atomic E-state index is 12.5. The van der Waals surface area contributed by atoms with Gasteiger partial charge in [0.15, 0.2) is 6.61 Å². The predicted octanol–water partition coefficient (Wildman–Crippen LogP) is 4.80. The lowest BCUT2D eigenvalue weighted by Crippen LogP contribution is -2.14. The number of H-pyrrole nitrogens is 1. The molecule has 3 aromatic rings. The largest absolute Gasteiger partial charge is 0.493 e. The molecular weight excluding hydrogens is 354 g/mol. The van der Waals surface area contributed by atoms with Crippen LogP contribution in [0.1, 0.15) is 47.1 Å². The average Bonchev–Trinajstić information content (AvgIpc) is 3.15. The number of ketones is 1. The number of carbonyl (C=O) groups excluding carboxylic acids is 2. The highest BCUT2D eigenvalue weighted by molar-refractivity contribution is 6.09. The van der Waals surface area contributed by atoms with Gasteiger partial charge in [0.1, 0.15) is 5.75 Å². The fraction of sp³-hybridized carbons (Fsp3) is 0.304. The van der Waals surface area contributed by atoms with Crippen LogP contribution in [0.5, 0.6) is 5.75 Å². The number of hydrogen-bond acceptors (Lipinski definition) is 4. The lowest BCUT2D eigenvalue weighted by atomic mass is 10.1. The van der Waals surface area contributed by atoms with Crippen LogP contribution in [0.4, 0.5) is 0 Å². The predicted molar refractivity (Wildman–Crippen MR) is 109 cm³/mol. The Kier molecular flexibility index (Phi) is 6.14. The second-order valence-corrected chi connectivity index (χ2v) is 7.12. The molecule has 3 rings (SSSR count). The number of hydrogen-bond donors (Lipinski definition) is 1. The Hall–Kier alpha value is -3.08. The van der Waals surface area contributed by atoms with E-state index in [1.54, 1.807) is 30.5 Å². The van der Waals surface area contributed by atoms with Crippen LogP contribution in [-0.2, 0) is 11.2 Å². The van der Waals surface area contributed by atoms with Crippen molar-refractivity contribution in [3.8, 4) is 5.75 Å². The summed E-state index contributed by atoms with van der Waals surface area (Å²) in [5, 5.41) is 0.854. The highest BCUT2D eigenvalue weighted by Gasteiger charge is 2.16. The van der Waals surface area contributed by atoms with Crippen molar-refractivity contribution in [1.29, 1.82) is 0 Å². The number of ether oxygens (including phenoxy) is 2. The van der Waals surface area contributed by atoms with E-state index in [1.165, 1.54) is 0 Å². The zero-order valence-corrected chi connectivity index (χ0v) is 16.5. The number of aromatic amines is 1. The smallest absolute Gasteiger partial charge is 0.338 e. The molecule has 0 aliphatic heterocycles. The van der Waals surface area contributed by atoms with E-state index in [1.807, 2.05) is 18.2 Å². The quantitative estimate of drug-likeness (QED) is 0.451. The third-order valence-corrected chi connectivity index (χ3v) is 4.49. The summed E-state index contributed by atoms with van der Waals surface area (Å²) < 4.78 is 10.8. The van der Waals surface area contributed by atoms with Gasteiger partial charge in [-0.05, 0) is 42.2 Å². The molecule has 1 heterocycles. The molecule has 0 saturated heterocycles. The molecule has 0 bridgehead atoms. The molecule has 5 nitrogen and oxygen atoms in total. The van der Waals surface area contributed by atoms with Gasteiger partial charge in [-0.25, -0.2) is 4.79 Å². The van der Waals surface area contributed by atoms with Gasteiger partial charge in [-0.15, -0.1) is 0 Å². The lowest BCUT2D eigenvalue weighted by molar-refractivity contribution is 0.0475. The first kappa shape index (κ1) is 19.7. The van der Waals surface area contributed by atoms with Crippen LogP contribution in [0.3, 0.4) is 0 Å². The Labute approximate surface area is 164 Å². The third-order valence-electron chi connectivity index (χ3n) is 4.49. The van der Waals surface area contributed by atoms with Crippen molar-refractivity contribution in [2.24, 2.45) is 5.92 Å². The van der Waals surface area contributed by atoms with Crippen LogP contribution in [0.2, 0.25) is 0 Å². The highest BCUT2D eigenvalue weighted by atomic mass is 16.5. The van der Waals surface area contributed by atoms with Crippen LogP contribution in [0, 0.1) is 5.92 Å². The third kappa shape index (κ3) is 4.42. The molecular formula is C23H25NO4. The van der Waals surface area contributed by atoms with Gasteiger partial charge in [-0.3, -0.25) is 4.79 Å². The van der Waals surface area contributed by atoms with E-state index in [0.717, 1.165) is 22.9 Å². The summed E-state index contributed by atoms with van der Waals surface area (Å²) in [6, 6.07) is 12.6. The maximum Gasteiger partial charge on any atom is 0.338 e. The number of nitrogens with one attached hydrogen (secondary N) is 1. The average molecular weight is 379 g/mol. The molecule has 28 heavy (non-hydrogen) atoms. The molecule has 0 radical (unpaired) electrons. The van der Waals surface area contributed by atoms with E-state index >= 15 is 0 Å². The summed E-state index contributed by atoms with van der Waals surface area (Å²) in [7, 11) is 0. The standard InChI is InChI=1S/C23H25NO4/c1-4-16-6-5-7-19-20(12-24-22(16)19)21(25)14-28-23(26)17-8-10-18(11-9-17)27-13-15(2)3/h5-12,15,24H,4,13-14H2,1-3H3. The molecule has 0 aliphatic rings. The first-order chi connectivity index (χ1) is 13.5. The summed E-state index contributed by atoms with van der Waals surface area (Å²) in [6.07, 6.45) is 2.55. The number of Topliss-reactive ketones (excluding diaryl/α,β-unsaturated/α-hetero) is 1. The SMILES string of the molecule is CCc1cccc2c(C(=O)COC(=O)c3ccc(OCC(C)C)cc3)c[nH]c12. The minimum atomic E-state index is -0.530. The zero-order valence-electron chi connectivity index (χ0n) is 16.5. The summed E-state index contributed by atoms with van der Waals surface area (Å²) in [4.78, 5) is 27.9. The molecule has 0 unspecified atom stereocenters. The Balaban J connectivity index is 1.62. The molecule has 1 aromatic heterocycles. The van der Waals surface area contributed by atoms with E-state index in [9.17, 15) is 9.59 Å². The van der Waals surface area contributed by atoms with Gasteiger partial charge in [-0.2, -0.15) is 0 Å².